The van der Waals surface area contributed by atoms with E-state index < -0.39 is 11.4 Å². The van der Waals surface area contributed by atoms with Gasteiger partial charge in [-0.3, -0.25) is 9.78 Å². The van der Waals surface area contributed by atoms with Gasteiger partial charge in [-0.1, -0.05) is 0 Å². The third-order valence-corrected chi connectivity index (χ3v) is 1.50. The van der Waals surface area contributed by atoms with E-state index in [4.69, 9.17) is 11.0 Å². The first-order valence-corrected chi connectivity index (χ1v) is 3.59. The van der Waals surface area contributed by atoms with Crippen molar-refractivity contribution < 1.29 is 5.11 Å². The number of aromatic amines is 1. The highest BCUT2D eigenvalue weighted by molar-refractivity contribution is 5.29. The molecule has 0 unspecified atom stereocenters. The van der Waals surface area contributed by atoms with Gasteiger partial charge in [-0.15, -0.1) is 0 Å². The average molecular weight is 180 g/mol. The molecule has 0 bridgehead atoms. The SMILES string of the molecule is N#CCCc1c(O)nc(N)[nH]c1=O. The fourth-order valence-corrected chi connectivity index (χ4v) is 0.909. The van der Waals surface area contributed by atoms with Crippen molar-refractivity contribution in [2.24, 2.45) is 0 Å². The molecule has 0 fully saturated rings. The van der Waals surface area contributed by atoms with Crippen LogP contribution in [0, 0.1) is 11.3 Å². The number of nitriles is 1. The molecule has 0 spiro atoms. The number of aromatic nitrogens is 2. The highest BCUT2D eigenvalue weighted by Crippen LogP contribution is 2.10. The molecule has 0 aliphatic carbocycles. The van der Waals surface area contributed by atoms with Crippen LogP contribution < -0.4 is 11.3 Å². The van der Waals surface area contributed by atoms with Crippen LogP contribution in [0.5, 0.6) is 5.88 Å². The Balaban J connectivity index is 3.08. The first-order chi connectivity index (χ1) is 6.15. The number of H-pyrrole nitrogens is 1. The Morgan fingerprint density at radius 2 is 2.38 bits per heavy atom. The van der Waals surface area contributed by atoms with Crippen molar-refractivity contribution >= 4 is 5.95 Å². The Labute approximate surface area is 73.7 Å². The lowest BCUT2D eigenvalue weighted by Gasteiger charge is -1.99. The van der Waals surface area contributed by atoms with Gasteiger partial charge in [0.15, 0.2) is 0 Å². The van der Waals surface area contributed by atoms with Gasteiger partial charge in [0.25, 0.3) is 5.56 Å². The first kappa shape index (κ1) is 9.06. The van der Waals surface area contributed by atoms with E-state index in [1.165, 1.54) is 0 Å². The Bertz CT molecular complexity index is 404. The van der Waals surface area contributed by atoms with E-state index in [0.717, 1.165) is 0 Å². The Morgan fingerprint density at radius 3 is 2.92 bits per heavy atom. The van der Waals surface area contributed by atoms with Crippen LogP contribution in [-0.4, -0.2) is 15.1 Å². The largest absolute Gasteiger partial charge is 0.493 e. The van der Waals surface area contributed by atoms with Crippen LogP contribution in [0.1, 0.15) is 12.0 Å². The number of hydrogen-bond donors (Lipinski definition) is 3. The van der Waals surface area contributed by atoms with Gasteiger partial charge in [0.05, 0.1) is 11.6 Å². The lowest BCUT2D eigenvalue weighted by molar-refractivity contribution is 0.444. The van der Waals surface area contributed by atoms with Crippen LogP contribution >= 0.6 is 0 Å². The maximum Gasteiger partial charge on any atom is 0.259 e. The molecule has 0 aliphatic heterocycles. The number of nitrogens with one attached hydrogen (secondary N) is 1. The predicted molar refractivity (Wildman–Crippen MR) is 44.9 cm³/mol. The third kappa shape index (κ3) is 1.96. The zero-order valence-corrected chi connectivity index (χ0v) is 6.74. The van der Waals surface area contributed by atoms with Crippen molar-refractivity contribution in [1.82, 2.24) is 9.97 Å². The maximum atomic E-state index is 11.1. The number of nitrogen functional groups attached to an aromatic ring is 1. The van der Waals surface area contributed by atoms with Gasteiger partial charge in [0, 0.05) is 6.42 Å². The van der Waals surface area contributed by atoms with Crippen LogP contribution in [-0.2, 0) is 6.42 Å². The van der Waals surface area contributed by atoms with Crippen molar-refractivity contribution in [3.63, 3.8) is 0 Å². The quantitative estimate of drug-likeness (QED) is 0.568. The Morgan fingerprint density at radius 1 is 1.69 bits per heavy atom. The predicted octanol–water partition coefficient (Wildman–Crippen LogP) is -0.486. The third-order valence-electron chi connectivity index (χ3n) is 1.50. The minimum atomic E-state index is -0.500. The molecule has 0 aromatic carbocycles. The number of hydrogen-bond acceptors (Lipinski definition) is 5. The van der Waals surface area contributed by atoms with Crippen molar-refractivity contribution in [2.75, 3.05) is 5.73 Å². The summed E-state index contributed by atoms with van der Waals surface area (Å²) in [5.41, 5.74) is 4.76. The van der Waals surface area contributed by atoms with Crippen molar-refractivity contribution in [3.8, 4) is 11.9 Å². The second kappa shape index (κ2) is 3.58. The van der Waals surface area contributed by atoms with Crippen molar-refractivity contribution in [2.45, 2.75) is 12.8 Å². The lowest BCUT2D eigenvalue weighted by atomic mass is 10.2. The molecule has 68 valence electrons. The summed E-state index contributed by atoms with van der Waals surface area (Å²) in [5.74, 6) is -0.542. The van der Waals surface area contributed by atoms with Gasteiger partial charge < -0.3 is 10.8 Å². The van der Waals surface area contributed by atoms with Crippen LogP contribution in [0.2, 0.25) is 0 Å². The van der Waals surface area contributed by atoms with Crippen LogP contribution in [0.25, 0.3) is 0 Å². The number of rotatable bonds is 2. The van der Waals surface area contributed by atoms with E-state index in [0.29, 0.717) is 0 Å². The van der Waals surface area contributed by atoms with Crippen LogP contribution in [0.3, 0.4) is 0 Å². The topological polar surface area (TPSA) is 116 Å². The smallest absolute Gasteiger partial charge is 0.259 e. The maximum absolute atomic E-state index is 11.1. The highest BCUT2D eigenvalue weighted by Gasteiger charge is 2.08. The van der Waals surface area contributed by atoms with Crippen molar-refractivity contribution in [1.29, 1.82) is 5.26 Å². The van der Waals surface area contributed by atoms with Gasteiger partial charge in [-0.25, -0.2) is 0 Å². The molecule has 0 saturated carbocycles. The summed E-state index contributed by atoms with van der Waals surface area (Å²) in [4.78, 5) is 16.8. The molecule has 0 radical (unpaired) electrons. The van der Waals surface area contributed by atoms with E-state index in [1.54, 1.807) is 0 Å². The fourth-order valence-electron chi connectivity index (χ4n) is 0.909. The molecule has 1 heterocycles. The van der Waals surface area contributed by atoms with E-state index in [2.05, 4.69) is 9.97 Å². The molecule has 6 heteroatoms. The molecule has 0 saturated heterocycles. The molecule has 0 atom stereocenters. The molecular weight excluding hydrogens is 172 g/mol. The Kier molecular flexibility index (Phi) is 2.50. The summed E-state index contributed by atoms with van der Waals surface area (Å²) in [5, 5.41) is 17.5. The molecule has 1 rings (SSSR count). The minimum Gasteiger partial charge on any atom is -0.493 e. The summed E-state index contributed by atoms with van der Waals surface area (Å²) in [6.07, 6.45) is 0.327. The first-order valence-electron chi connectivity index (χ1n) is 3.59. The number of aromatic hydroxyl groups is 1. The van der Waals surface area contributed by atoms with E-state index in [1.807, 2.05) is 6.07 Å². The molecule has 0 amide bonds. The van der Waals surface area contributed by atoms with E-state index in [9.17, 15) is 9.90 Å². The summed E-state index contributed by atoms with van der Waals surface area (Å²) in [7, 11) is 0. The molecule has 4 N–H and O–H groups in total. The molecule has 13 heavy (non-hydrogen) atoms. The van der Waals surface area contributed by atoms with Gasteiger partial charge in [-0.2, -0.15) is 10.2 Å². The second-order valence-electron chi connectivity index (χ2n) is 2.41. The molecule has 6 nitrogen and oxygen atoms in total. The second-order valence-corrected chi connectivity index (χ2v) is 2.41. The lowest BCUT2D eigenvalue weighted by Crippen LogP contribution is -2.16. The number of anilines is 1. The van der Waals surface area contributed by atoms with Gasteiger partial charge >= 0.3 is 0 Å². The Hall–Kier alpha value is -2.03. The zero-order chi connectivity index (χ0) is 9.84. The van der Waals surface area contributed by atoms with Gasteiger partial charge in [0.1, 0.15) is 0 Å². The summed E-state index contributed by atoms with van der Waals surface area (Å²) >= 11 is 0. The monoisotopic (exact) mass is 180 g/mol. The molecular formula is C7H8N4O2. The van der Waals surface area contributed by atoms with Crippen LogP contribution in [0.4, 0.5) is 5.95 Å². The zero-order valence-electron chi connectivity index (χ0n) is 6.74. The molecule has 1 aromatic heterocycles. The van der Waals surface area contributed by atoms with Crippen molar-refractivity contribution in [3.05, 3.63) is 15.9 Å². The van der Waals surface area contributed by atoms with E-state index >= 15 is 0 Å². The number of nitrogens with two attached hydrogens (primary N) is 1. The van der Waals surface area contributed by atoms with E-state index in [-0.39, 0.29) is 24.4 Å². The standard InChI is InChI=1S/C7H8N4O2/c8-3-1-2-4-5(12)10-7(9)11-6(4)13/h1-2H2,(H4,9,10,11,12,13). The number of nitrogens with zero attached hydrogens (tertiary/aromatic N) is 2. The van der Waals surface area contributed by atoms with Crippen LogP contribution in [0.15, 0.2) is 4.79 Å². The molecule has 0 aliphatic rings. The minimum absolute atomic E-state index is 0.0933. The van der Waals surface area contributed by atoms with Gasteiger partial charge in [0.2, 0.25) is 11.8 Å². The highest BCUT2D eigenvalue weighted by atomic mass is 16.3. The fraction of sp³-hybridized carbons (Fsp3) is 0.286. The van der Waals surface area contributed by atoms with Gasteiger partial charge in [-0.05, 0) is 6.42 Å². The normalized spacial score (nSPS) is 9.46. The summed E-state index contributed by atoms with van der Waals surface area (Å²) in [6, 6.07) is 1.86. The summed E-state index contributed by atoms with van der Waals surface area (Å²) < 4.78 is 0. The molecule has 1 aromatic rings. The average Bonchev–Trinajstić information content (AvgIpc) is 2.02. The summed E-state index contributed by atoms with van der Waals surface area (Å²) in [6.45, 7) is 0.